The van der Waals surface area contributed by atoms with E-state index < -0.39 is 55.9 Å². The highest BCUT2D eigenvalue weighted by atomic mass is 32.2. The van der Waals surface area contributed by atoms with Gasteiger partial charge in [-0.2, -0.15) is 4.31 Å². The smallest absolute Gasteiger partial charge is 0.243 e. The fraction of sp³-hybridized carbons (Fsp3) is 0.500. The Bertz CT molecular complexity index is 731. The number of hydrogen-bond donors (Lipinski definition) is 2. The fourth-order valence-corrected chi connectivity index (χ4v) is 5.93. The zero-order valence-electron chi connectivity index (χ0n) is 11.5. The largest absolute Gasteiger partial charge is 0.395 e. The average molecular weight is 353 g/mol. The van der Waals surface area contributed by atoms with Gasteiger partial charge in [-0.15, -0.1) is 0 Å². The number of halogens is 1. The molecule has 1 aromatic rings. The Morgan fingerprint density at radius 3 is 2.27 bits per heavy atom. The van der Waals surface area contributed by atoms with Gasteiger partial charge >= 0.3 is 0 Å². The van der Waals surface area contributed by atoms with Gasteiger partial charge in [0.15, 0.2) is 9.84 Å². The van der Waals surface area contributed by atoms with Crippen LogP contribution < -0.4 is 0 Å². The monoisotopic (exact) mass is 353 g/mol. The molecule has 124 valence electrons. The van der Waals surface area contributed by atoms with E-state index in [0.29, 0.717) is 0 Å². The van der Waals surface area contributed by atoms with Crippen molar-refractivity contribution in [1.29, 1.82) is 0 Å². The molecule has 2 atom stereocenters. The molecule has 1 saturated heterocycles. The number of rotatable bonds is 5. The predicted molar refractivity (Wildman–Crippen MR) is 75.8 cm³/mol. The van der Waals surface area contributed by atoms with Gasteiger partial charge in [0, 0.05) is 6.54 Å². The maximum absolute atomic E-state index is 12.9. The molecule has 1 aliphatic heterocycles. The fourth-order valence-electron chi connectivity index (χ4n) is 2.39. The van der Waals surface area contributed by atoms with Crippen molar-refractivity contribution >= 4 is 19.9 Å². The Morgan fingerprint density at radius 1 is 1.23 bits per heavy atom. The summed E-state index contributed by atoms with van der Waals surface area (Å²) in [4.78, 5) is -0.237. The third kappa shape index (κ3) is 3.46. The van der Waals surface area contributed by atoms with Crippen molar-refractivity contribution in [3.63, 3.8) is 0 Å². The van der Waals surface area contributed by atoms with Crippen LogP contribution in [0.5, 0.6) is 0 Å². The SMILES string of the molecule is O=S1(=O)C[C@@H](O)[C@@H](N(CCO)S(=O)(=O)c2ccc(F)cc2)C1. The molecule has 0 aromatic heterocycles. The lowest BCUT2D eigenvalue weighted by molar-refractivity contribution is 0.117. The van der Waals surface area contributed by atoms with Crippen LogP contribution in [0, 0.1) is 5.82 Å². The molecule has 10 heteroatoms. The van der Waals surface area contributed by atoms with Crippen molar-refractivity contribution in [3.05, 3.63) is 30.1 Å². The van der Waals surface area contributed by atoms with Crippen molar-refractivity contribution in [2.24, 2.45) is 0 Å². The van der Waals surface area contributed by atoms with Crippen molar-refractivity contribution in [1.82, 2.24) is 4.31 Å². The first-order valence-corrected chi connectivity index (χ1v) is 9.70. The molecule has 0 bridgehead atoms. The van der Waals surface area contributed by atoms with Gasteiger partial charge in [0.25, 0.3) is 0 Å². The Labute approximate surface area is 128 Å². The van der Waals surface area contributed by atoms with E-state index in [2.05, 4.69) is 0 Å². The van der Waals surface area contributed by atoms with Crippen LogP contribution in [0.2, 0.25) is 0 Å². The normalized spacial score (nSPS) is 24.7. The first-order chi connectivity index (χ1) is 10.2. The van der Waals surface area contributed by atoms with Crippen molar-refractivity contribution in [2.75, 3.05) is 24.7 Å². The van der Waals surface area contributed by atoms with E-state index in [1.54, 1.807) is 0 Å². The zero-order chi connectivity index (χ0) is 16.5. The van der Waals surface area contributed by atoms with Gasteiger partial charge in [-0.05, 0) is 24.3 Å². The van der Waals surface area contributed by atoms with Crippen LogP contribution in [0.15, 0.2) is 29.2 Å². The number of aliphatic hydroxyl groups is 2. The van der Waals surface area contributed by atoms with E-state index in [4.69, 9.17) is 5.11 Å². The van der Waals surface area contributed by atoms with Gasteiger partial charge in [-0.25, -0.2) is 21.2 Å². The maximum atomic E-state index is 12.9. The number of sulfone groups is 1. The second kappa shape index (κ2) is 6.20. The molecule has 0 saturated carbocycles. The summed E-state index contributed by atoms with van der Waals surface area (Å²) >= 11 is 0. The van der Waals surface area contributed by atoms with Crippen LogP contribution in [0.1, 0.15) is 0 Å². The molecule has 2 rings (SSSR count). The number of nitrogens with zero attached hydrogens (tertiary/aromatic N) is 1. The van der Waals surface area contributed by atoms with Crippen molar-refractivity contribution in [3.8, 4) is 0 Å². The maximum Gasteiger partial charge on any atom is 0.243 e. The topological polar surface area (TPSA) is 112 Å². The number of sulfonamides is 1. The second-order valence-corrected chi connectivity index (χ2v) is 9.05. The zero-order valence-corrected chi connectivity index (χ0v) is 13.1. The molecule has 1 aromatic carbocycles. The highest BCUT2D eigenvalue weighted by Crippen LogP contribution is 2.25. The number of aliphatic hydroxyl groups excluding tert-OH is 2. The Morgan fingerprint density at radius 2 is 1.82 bits per heavy atom. The van der Waals surface area contributed by atoms with Crippen LogP contribution in [0.4, 0.5) is 4.39 Å². The quantitative estimate of drug-likeness (QED) is 0.700. The Balaban J connectivity index is 2.41. The standard InChI is InChI=1S/C12H16FNO6S2/c13-9-1-3-10(4-2-9)22(19,20)14(5-6-15)11-7-21(17,18)8-12(11)16/h1-4,11-12,15-16H,5-8H2/t11-,12+/m0/s1. The molecule has 1 aliphatic rings. The highest BCUT2D eigenvalue weighted by Gasteiger charge is 2.44. The summed E-state index contributed by atoms with van der Waals surface area (Å²) in [7, 11) is -7.72. The number of hydrogen-bond acceptors (Lipinski definition) is 6. The van der Waals surface area contributed by atoms with Crippen LogP contribution in [0.3, 0.4) is 0 Å². The lowest BCUT2D eigenvalue weighted by Crippen LogP contribution is -2.47. The highest BCUT2D eigenvalue weighted by molar-refractivity contribution is 7.92. The first kappa shape index (κ1) is 17.3. The molecule has 0 radical (unpaired) electrons. The molecule has 22 heavy (non-hydrogen) atoms. The van der Waals surface area contributed by atoms with Crippen molar-refractivity contribution < 1.29 is 31.4 Å². The summed E-state index contributed by atoms with van der Waals surface area (Å²) in [6.07, 6.45) is -1.37. The first-order valence-electron chi connectivity index (χ1n) is 6.44. The van der Waals surface area contributed by atoms with Crippen LogP contribution >= 0.6 is 0 Å². The third-order valence-corrected chi connectivity index (χ3v) is 7.04. The van der Waals surface area contributed by atoms with Crippen LogP contribution in [-0.4, -0.2) is 68.2 Å². The molecular formula is C12H16FNO6S2. The van der Waals surface area contributed by atoms with Gasteiger partial charge in [-0.1, -0.05) is 0 Å². The molecule has 2 N–H and O–H groups in total. The third-order valence-electron chi connectivity index (χ3n) is 3.40. The summed E-state index contributed by atoms with van der Waals surface area (Å²) in [5.74, 6) is -1.66. The van der Waals surface area contributed by atoms with E-state index in [0.717, 1.165) is 28.6 Å². The summed E-state index contributed by atoms with van der Waals surface area (Å²) in [5.41, 5.74) is 0. The van der Waals surface area contributed by atoms with E-state index >= 15 is 0 Å². The lowest BCUT2D eigenvalue weighted by Gasteiger charge is -2.28. The molecule has 0 aliphatic carbocycles. The summed E-state index contributed by atoms with van der Waals surface area (Å²) in [6, 6.07) is 2.85. The molecule has 0 amide bonds. The lowest BCUT2D eigenvalue weighted by atomic mass is 10.2. The molecule has 1 fully saturated rings. The van der Waals surface area contributed by atoms with Gasteiger partial charge in [0.05, 0.1) is 35.2 Å². The predicted octanol–water partition coefficient (Wildman–Crippen LogP) is -1.03. The average Bonchev–Trinajstić information content (AvgIpc) is 2.69. The molecule has 0 spiro atoms. The Hall–Kier alpha value is -1.07. The van der Waals surface area contributed by atoms with E-state index in [9.17, 15) is 26.3 Å². The van der Waals surface area contributed by atoms with Crippen LogP contribution in [0.25, 0.3) is 0 Å². The molecule has 0 unspecified atom stereocenters. The molecule has 7 nitrogen and oxygen atoms in total. The van der Waals surface area contributed by atoms with Gasteiger partial charge in [0.1, 0.15) is 5.82 Å². The minimum Gasteiger partial charge on any atom is -0.395 e. The molecular weight excluding hydrogens is 337 g/mol. The van der Waals surface area contributed by atoms with E-state index in [1.807, 2.05) is 0 Å². The van der Waals surface area contributed by atoms with E-state index in [-0.39, 0.29) is 11.4 Å². The number of benzene rings is 1. The van der Waals surface area contributed by atoms with Crippen molar-refractivity contribution in [2.45, 2.75) is 17.0 Å². The summed E-state index contributed by atoms with van der Waals surface area (Å²) in [6.45, 7) is -0.902. The summed E-state index contributed by atoms with van der Waals surface area (Å²) < 4.78 is 62.0. The van der Waals surface area contributed by atoms with E-state index in [1.165, 1.54) is 0 Å². The van der Waals surface area contributed by atoms with Gasteiger partial charge in [-0.3, -0.25) is 0 Å². The Kier molecular flexibility index (Phi) is 4.87. The summed E-state index contributed by atoms with van der Waals surface area (Å²) in [5, 5.41) is 18.9. The minimum absolute atomic E-state index is 0.237. The minimum atomic E-state index is -4.16. The van der Waals surface area contributed by atoms with Gasteiger partial charge < -0.3 is 10.2 Å². The second-order valence-electron chi connectivity index (χ2n) is 5.00. The van der Waals surface area contributed by atoms with Crippen LogP contribution in [-0.2, 0) is 19.9 Å². The molecule has 1 heterocycles. The van der Waals surface area contributed by atoms with Gasteiger partial charge in [0.2, 0.25) is 10.0 Å².